The van der Waals surface area contributed by atoms with E-state index in [4.69, 9.17) is 0 Å². The predicted molar refractivity (Wildman–Crippen MR) is 114 cm³/mol. The van der Waals surface area contributed by atoms with E-state index in [1.165, 1.54) is 0 Å². The molecule has 0 unspecified atom stereocenters. The summed E-state index contributed by atoms with van der Waals surface area (Å²) in [6.45, 7) is 12.4. The number of H-pyrrole nitrogens is 1. The molecule has 1 aliphatic rings. The van der Waals surface area contributed by atoms with Gasteiger partial charge in [-0.1, -0.05) is 26.0 Å². The van der Waals surface area contributed by atoms with Crippen LogP contribution < -0.4 is 5.32 Å². The third-order valence-corrected chi connectivity index (χ3v) is 5.55. The minimum atomic E-state index is -0.0913. The Balaban J connectivity index is 1.88. The number of likely N-dealkylation sites (N-methyl/N-ethyl adjacent to an activating group) is 1. The molecular formula is C23H29N3O2. The summed E-state index contributed by atoms with van der Waals surface area (Å²) < 4.78 is 0. The zero-order valence-corrected chi connectivity index (χ0v) is 17.4. The molecule has 0 fully saturated rings. The summed E-state index contributed by atoms with van der Waals surface area (Å²) in [5, 5.41) is 2.94. The summed E-state index contributed by atoms with van der Waals surface area (Å²) >= 11 is 0. The van der Waals surface area contributed by atoms with Crippen LogP contribution in [0, 0.1) is 20.8 Å². The molecule has 148 valence electrons. The number of carbonyl (C=O) groups is 2. The van der Waals surface area contributed by atoms with E-state index in [1.807, 2.05) is 45.0 Å². The molecule has 0 spiro atoms. The largest absolute Gasteiger partial charge is 0.359 e. The van der Waals surface area contributed by atoms with Crippen LogP contribution >= 0.6 is 0 Å². The number of rotatable bonds is 7. The summed E-state index contributed by atoms with van der Waals surface area (Å²) in [5.41, 5.74) is 7.48. The number of ketones is 1. The van der Waals surface area contributed by atoms with E-state index < -0.39 is 0 Å². The lowest BCUT2D eigenvalue weighted by Gasteiger charge is -2.16. The summed E-state index contributed by atoms with van der Waals surface area (Å²) in [7, 11) is 0. The van der Waals surface area contributed by atoms with Gasteiger partial charge < -0.3 is 10.3 Å². The number of aromatic nitrogens is 1. The number of aryl methyl sites for hydroxylation is 2. The molecule has 2 aromatic rings. The smallest absolute Gasteiger partial charge is 0.256 e. The lowest BCUT2D eigenvalue weighted by Crippen LogP contribution is -2.30. The van der Waals surface area contributed by atoms with E-state index in [0.717, 1.165) is 52.4 Å². The fourth-order valence-corrected chi connectivity index (χ4v) is 3.77. The first-order chi connectivity index (χ1) is 13.3. The van der Waals surface area contributed by atoms with Gasteiger partial charge in [0.25, 0.3) is 5.91 Å². The minimum absolute atomic E-state index is 0.0913. The van der Waals surface area contributed by atoms with Gasteiger partial charge in [-0.05, 0) is 62.7 Å². The van der Waals surface area contributed by atoms with Gasteiger partial charge in [0.1, 0.15) is 0 Å². The van der Waals surface area contributed by atoms with Crippen LogP contribution in [-0.2, 0) is 16.0 Å². The van der Waals surface area contributed by atoms with E-state index in [9.17, 15) is 9.59 Å². The van der Waals surface area contributed by atoms with Crippen molar-refractivity contribution in [2.24, 2.45) is 0 Å². The van der Waals surface area contributed by atoms with Crippen LogP contribution in [0.2, 0.25) is 0 Å². The van der Waals surface area contributed by atoms with Crippen molar-refractivity contribution in [3.63, 3.8) is 0 Å². The quantitative estimate of drug-likeness (QED) is 0.718. The molecule has 0 aliphatic carbocycles. The molecule has 1 aromatic carbocycles. The zero-order valence-electron chi connectivity index (χ0n) is 17.4. The van der Waals surface area contributed by atoms with Crippen LogP contribution in [0.15, 0.2) is 18.2 Å². The van der Waals surface area contributed by atoms with Crippen LogP contribution in [0.1, 0.15) is 47.5 Å². The van der Waals surface area contributed by atoms with Gasteiger partial charge in [-0.25, -0.2) is 0 Å². The predicted octanol–water partition coefficient (Wildman–Crippen LogP) is 3.89. The van der Waals surface area contributed by atoms with Crippen molar-refractivity contribution in [3.8, 4) is 0 Å². The fourth-order valence-electron chi connectivity index (χ4n) is 3.77. The average Bonchev–Trinajstić information content (AvgIpc) is 3.10. The lowest BCUT2D eigenvalue weighted by atomic mass is 10.0. The van der Waals surface area contributed by atoms with Crippen LogP contribution in [-0.4, -0.2) is 41.2 Å². The number of aromatic amines is 1. The maximum Gasteiger partial charge on any atom is 0.256 e. The maximum atomic E-state index is 12.5. The summed E-state index contributed by atoms with van der Waals surface area (Å²) in [6, 6.07) is 5.98. The molecule has 5 nitrogen and oxygen atoms in total. The summed E-state index contributed by atoms with van der Waals surface area (Å²) in [4.78, 5) is 30.5. The van der Waals surface area contributed by atoms with Crippen LogP contribution in [0.25, 0.3) is 11.6 Å². The highest BCUT2D eigenvalue weighted by Crippen LogP contribution is 2.34. The second-order valence-corrected chi connectivity index (χ2v) is 7.51. The summed E-state index contributed by atoms with van der Waals surface area (Å²) in [6.07, 6.45) is 2.31. The molecule has 0 bridgehead atoms. The van der Waals surface area contributed by atoms with Crippen molar-refractivity contribution in [2.45, 2.75) is 41.0 Å². The minimum Gasteiger partial charge on any atom is -0.359 e. The Hall–Kier alpha value is -2.66. The normalized spacial score (nSPS) is 14.6. The molecule has 28 heavy (non-hydrogen) atoms. The van der Waals surface area contributed by atoms with E-state index in [0.29, 0.717) is 18.5 Å². The molecular weight excluding hydrogens is 350 g/mol. The van der Waals surface area contributed by atoms with Crippen LogP contribution in [0.3, 0.4) is 0 Å². The topological polar surface area (TPSA) is 65.2 Å². The molecule has 0 atom stereocenters. The molecule has 1 aromatic heterocycles. The summed E-state index contributed by atoms with van der Waals surface area (Å²) in [5.74, 6) is 0.124. The van der Waals surface area contributed by atoms with E-state index >= 15 is 0 Å². The van der Waals surface area contributed by atoms with Crippen LogP contribution in [0.4, 0.5) is 5.69 Å². The molecule has 1 aliphatic heterocycles. The third kappa shape index (κ3) is 3.94. The molecule has 0 saturated carbocycles. The number of benzene rings is 1. The highest BCUT2D eigenvalue weighted by molar-refractivity contribution is 6.34. The Morgan fingerprint density at radius 1 is 1.14 bits per heavy atom. The second kappa shape index (κ2) is 8.15. The molecule has 0 saturated heterocycles. The fraction of sp³-hybridized carbons (Fsp3) is 0.391. The van der Waals surface area contributed by atoms with Crippen molar-refractivity contribution in [1.82, 2.24) is 9.88 Å². The van der Waals surface area contributed by atoms with Crippen molar-refractivity contribution in [3.05, 3.63) is 51.8 Å². The Morgan fingerprint density at radius 2 is 1.86 bits per heavy atom. The number of carbonyl (C=O) groups excluding carboxylic acids is 2. The number of amides is 1. The molecule has 3 rings (SSSR count). The number of fused-ring (bicyclic) bond motifs is 1. The number of nitrogens with one attached hydrogen (secondary N) is 2. The third-order valence-electron chi connectivity index (χ3n) is 5.55. The Labute approximate surface area is 166 Å². The van der Waals surface area contributed by atoms with Gasteiger partial charge in [-0.2, -0.15) is 0 Å². The highest BCUT2D eigenvalue weighted by Gasteiger charge is 2.25. The van der Waals surface area contributed by atoms with Gasteiger partial charge >= 0.3 is 0 Å². The monoisotopic (exact) mass is 379 g/mol. The van der Waals surface area contributed by atoms with Gasteiger partial charge in [-0.15, -0.1) is 0 Å². The number of Topliss-reactive ketones (excluding diaryl/α,β-unsaturated/α-hetero) is 1. The molecule has 1 amide bonds. The first-order valence-corrected chi connectivity index (χ1v) is 9.90. The molecule has 2 heterocycles. The SMILES string of the molecule is CCN(CC)CC(=O)Cc1c(C)[nH]c(/C=C2\C(=O)Nc3cc(C)ccc32)c1C. The van der Waals surface area contributed by atoms with Gasteiger partial charge in [0.2, 0.25) is 0 Å². The van der Waals surface area contributed by atoms with E-state index in [1.54, 1.807) is 0 Å². The lowest BCUT2D eigenvalue weighted by molar-refractivity contribution is -0.119. The van der Waals surface area contributed by atoms with Gasteiger partial charge in [0, 0.05) is 29.1 Å². The maximum absolute atomic E-state index is 12.5. The Bertz CT molecular complexity index is 949. The molecule has 2 N–H and O–H groups in total. The van der Waals surface area contributed by atoms with Gasteiger partial charge in [0.15, 0.2) is 5.78 Å². The Kier molecular flexibility index (Phi) is 5.84. The molecule has 5 heteroatoms. The van der Waals surface area contributed by atoms with E-state index in [2.05, 4.69) is 29.0 Å². The molecule has 0 radical (unpaired) electrons. The number of nitrogens with zero attached hydrogens (tertiary/aromatic N) is 1. The Morgan fingerprint density at radius 3 is 2.54 bits per heavy atom. The van der Waals surface area contributed by atoms with Crippen molar-refractivity contribution in [2.75, 3.05) is 25.0 Å². The second-order valence-electron chi connectivity index (χ2n) is 7.51. The number of hydrogen-bond donors (Lipinski definition) is 2. The first kappa shape index (κ1) is 20.1. The average molecular weight is 380 g/mol. The number of anilines is 1. The van der Waals surface area contributed by atoms with E-state index in [-0.39, 0.29) is 11.7 Å². The first-order valence-electron chi connectivity index (χ1n) is 9.90. The number of hydrogen-bond acceptors (Lipinski definition) is 3. The van der Waals surface area contributed by atoms with Crippen LogP contribution in [0.5, 0.6) is 0 Å². The van der Waals surface area contributed by atoms with Crippen molar-refractivity contribution >= 4 is 29.0 Å². The zero-order chi connectivity index (χ0) is 20.4. The highest BCUT2D eigenvalue weighted by atomic mass is 16.2. The van der Waals surface area contributed by atoms with Gasteiger partial charge in [-0.3, -0.25) is 14.5 Å². The van der Waals surface area contributed by atoms with Crippen molar-refractivity contribution < 1.29 is 9.59 Å². The van der Waals surface area contributed by atoms with Crippen molar-refractivity contribution in [1.29, 1.82) is 0 Å². The standard InChI is InChI=1S/C23H29N3O2/c1-6-26(7-2)13-17(27)11-19-15(4)21(24-16(19)5)12-20-18-9-8-14(3)10-22(18)25-23(20)28/h8-10,12,24H,6-7,11,13H2,1-5H3,(H,25,28)/b20-12-. The van der Waals surface area contributed by atoms with Gasteiger partial charge in [0.05, 0.1) is 12.1 Å².